The number of methoxy groups -OCH3 is 1. The van der Waals surface area contributed by atoms with Crippen LogP contribution in [0.1, 0.15) is 12.2 Å². The molecular weight excluding hydrogens is 304 g/mol. The van der Waals surface area contributed by atoms with Crippen LogP contribution in [0.3, 0.4) is 0 Å². The van der Waals surface area contributed by atoms with Gasteiger partial charge in [0.2, 0.25) is 17.0 Å². The summed E-state index contributed by atoms with van der Waals surface area (Å²) in [7, 11) is 1.56. The number of nitrogens with one attached hydrogen (secondary N) is 1. The fourth-order valence-electron chi connectivity index (χ4n) is 2.20. The molecule has 0 bridgehead atoms. The maximum atomic E-state index is 12.5. The molecule has 1 aromatic heterocycles. The Bertz CT molecular complexity index is 713. The van der Waals surface area contributed by atoms with E-state index in [1.165, 1.54) is 16.7 Å². The van der Waals surface area contributed by atoms with Crippen molar-refractivity contribution in [2.45, 2.75) is 23.8 Å². The number of hydrogen-bond acceptors (Lipinski definition) is 6. The van der Waals surface area contributed by atoms with Gasteiger partial charge in [-0.1, -0.05) is 11.8 Å². The first-order valence-corrected chi connectivity index (χ1v) is 7.53. The number of anilines is 1. The summed E-state index contributed by atoms with van der Waals surface area (Å²) in [6.07, 6.45) is 0.142. The Morgan fingerprint density at radius 2 is 2.05 bits per heavy atom. The van der Waals surface area contributed by atoms with Crippen molar-refractivity contribution < 1.29 is 14.3 Å². The van der Waals surface area contributed by atoms with Gasteiger partial charge in [-0.15, -0.1) is 5.10 Å². The topological polar surface area (TPSA) is 88.2 Å². The molecular formula is C14H14N4O3S. The number of aromatic nitrogens is 3. The van der Waals surface area contributed by atoms with Crippen molar-refractivity contribution in [3.63, 3.8) is 0 Å². The molecule has 1 aliphatic rings. The Morgan fingerprint density at radius 1 is 1.32 bits per heavy atom. The highest BCUT2D eigenvalue weighted by Gasteiger charge is 2.40. The number of carbonyl (C=O) groups is 2. The van der Waals surface area contributed by atoms with E-state index >= 15 is 0 Å². The number of rotatable bonds is 4. The zero-order valence-corrected chi connectivity index (χ0v) is 12.9. The van der Waals surface area contributed by atoms with Gasteiger partial charge < -0.3 is 4.74 Å². The van der Waals surface area contributed by atoms with Crippen molar-refractivity contribution in [3.05, 3.63) is 30.1 Å². The van der Waals surface area contributed by atoms with E-state index in [4.69, 9.17) is 4.74 Å². The molecule has 2 amide bonds. The number of ether oxygens (including phenoxy) is 1. The summed E-state index contributed by atoms with van der Waals surface area (Å²) in [5.41, 5.74) is 0.546. The number of carbonyl (C=O) groups excluding carboxylic acids is 2. The van der Waals surface area contributed by atoms with Gasteiger partial charge in [0.15, 0.2) is 0 Å². The zero-order chi connectivity index (χ0) is 15.7. The monoisotopic (exact) mass is 318 g/mol. The third kappa shape index (κ3) is 2.69. The quantitative estimate of drug-likeness (QED) is 0.860. The molecule has 0 spiro atoms. The van der Waals surface area contributed by atoms with Crippen molar-refractivity contribution in [2.75, 3.05) is 12.0 Å². The molecule has 1 unspecified atom stereocenters. The smallest absolute Gasteiger partial charge is 0.247 e. The number of imide groups is 1. The minimum absolute atomic E-state index is 0.142. The summed E-state index contributed by atoms with van der Waals surface area (Å²) in [6.45, 7) is 1.78. The summed E-state index contributed by atoms with van der Waals surface area (Å²) >= 11 is 1.20. The second kappa shape index (κ2) is 5.80. The number of benzene rings is 1. The van der Waals surface area contributed by atoms with Crippen LogP contribution in [0.15, 0.2) is 29.4 Å². The maximum Gasteiger partial charge on any atom is 0.247 e. The Morgan fingerprint density at radius 3 is 2.64 bits per heavy atom. The normalized spacial score (nSPS) is 18.1. The molecule has 8 heteroatoms. The van der Waals surface area contributed by atoms with E-state index in [9.17, 15) is 9.59 Å². The molecule has 7 nitrogen and oxygen atoms in total. The molecule has 1 fully saturated rings. The average Bonchev–Trinajstić information content (AvgIpc) is 3.03. The number of thioether (sulfide) groups is 1. The summed E-state index contributed by atoms with van der Waals surface area (Å²) in [5.74, 6) is 0.874. The molecule has 1 aliphatic heterocycles. The lowest BCUT2D eigenvalue weighted by Crippen LogP contribution is -2.31. The van der Waals surface area contributed by atoms with Gasteiger partial charge in [-0.25, -0.2) is 9.88 Å². The molecule has 0 radical (unpaired) electrons. The molecule has 3 rings (SSSR count). The molecule has 2 heterocycles. The minimum Gasteiger partial charge on any atom is -0.497 e. The van der Waals surface area contributed by atoms with Crippen LogP contribution < -0.4 is 9.64 Å². The number of H-pyrrole nitrogens is 1. The van der Waals surface area contributed by atoms with Crippen molar-refractivity contribution in [1.82, 2.24) is 15.2 Å². The van der Waals surface area contributed by atoms with Crippen molar-refractivity contribution >= 4 is 29.3 Å². The van der Waals surface area contributed by atoms with E-state index in [0.29, 0.717) is 22.4 Å². The van der Waals surface area contributed by atoms with E-state index in [2.05, 4.69) is 15.2 Å². The highest BCUT2D eigenvalue weighted by atomic mass is 32.2. The Labute approximate surface area is 131 Å². The third-order valence-corrected chi connectivity index (χ3v) is 4.31. The summed E-state index contributed by atoms with van der Waals surface area (Å²) < 4.78 is 5.08. The van der Waals surface area contributed by atoms with Crippen LogP contribution in [0.2, 0.25) is 0 Å². The first-order valence-electron chi connectivity index (χ1n) is 6.65. The Hall–Kier alpha value is -2.35. The van der Waals surface area contributed by atoms with Gasteiger partial charge in [-0.3, -0.25) is 14.7 Å². The van der Waals surface area contributed by atoms with E-state index in [1.807, 2.05) is 0 Å². The number of amides is 2. The number of aryl methyl sites for hydroxylation is 1. The van der Waals surface area contributed by atoms with Crippen molar-refractivity contribution in [2.24, 2.45) is 0 Å². The summed E-state index contributed by atoms with van der Waals surface area (Å²) in [5, 5.41) is 6.68. The lowest BCUT2D eigenvalue weighted by atomic mass is 10.3. The highest BCUT2D eigenvalue weighted by molar-refractivity contribution is 8.00. The molecule has 114 valence electrons. The molecule has 22 heavy (non-hydrogen) atoms. The second-order valence-corrected chi connectivity index (χ2v) is 5.95. The molecule has 1 aromatic carbocycles. The van der Waals surface area contributed by atoms with Gasteiger partial charge in [-0.2, -0.15) is 0 Å². The molecule has 1 saturated heterocycles. The molecule has 0 saturated carbocycles. The van der Waals surface area contributed by atoms with Gasteiger partial charge in [0.25, 0.3) is 0 Å². The predicted octanol–water partition coefficient (Wildman–Crippen LogP) is 1.55. The van der Waals surface area contributed by atoms with Crippen LogP contribution in [0.4, 0.5) is 5.69 Å². The molecule has 2 aromatic rings. The lowest BCUT2D eigenvalue weighted by molar-refractivity contribution is -0.121. The van der Waals surface area contributed by atoms with Crippen LogP contribution in [0.25, 0.3) is 0 Å². The van der Waals surface area contributed by atoms with Gasteiger partial charge in [0.05, 0.1) is 12.8 Å². The number of hydrogen-bond donors (Lipinski definition) is 1. The van der Waals surface area contributed by atoms with Crippen molar-refractivity contribution in [3.8, 4) is 5.75 Å². The van der Waals surface area contributed by atoms with Gasteiger partial charge >= 0.3 is 0 Å². The van der Waals surface area contributed by atoms with Crippen LogP contribution in [0, 0.1) is 6.92 Å². The standard InChI is InChI=1S/C14H14N4O3S/c1-8-15-14(17-16-8)22-11-7-12(19)18(13(11)20)9-3-5-10(21-2)6-4-9/h3-6,11H,7H2,1-2H3,(H,15,16,17). The maximum absolute atomic E-state index is 12.5. The van der Waals surface area contributed by atoms with Crippen molar-refractivity contribution in [1.29, 1.82) is 0 Å². The average molecular weight is 318 g/mol. The first-order chi connectivity index (χ1) is 10.6. The van der Waals surface area contributed by atoms with E-state index in [-0.39, 0.29) is 18.2 Å². The zero-order valence-electron chi connectivity index (χ0n) is 12.1. The minimum atomic E-state index is -0.496. The van der Waals surface area contributed by atoms with Crippen LogP contribution in [-0.4, -0.2) is 39.4 Å². The fraction of sp³-hybridized carbons (Fsp3) is 0.286. The van der Waals surface area contributed by atoms with Crippen LogP contribution in [-0.2, 0) is 9.59 Å². The Kier molecular flexibility index (Phi) is 3.84. The molecule has 1 atom stereocenters. The second-order valence-electron chi connectivity index (χ2n) is 4.78. The number of nitrogens with zero attached hydrogens (tertiary/aromatic N) is 3. The first kappa shape index (κ1) is 14.6. The third-order valence-electron chi connectivity index (χ3n) is 3.26. The van der Waals surface area contributed by atoms with Gasteiger partial charge in [-0.05, 0) is 31.2 Å². The summed E-state index contributed by atoms with van der Waals surface area (Å²) in [6, 6.07) is 6.82. The van der Waals surface area contributed by atoms with Crippen LogP contribution in [0.5, 0.6) is 5.75 Å². The fourth-order valence-corrected chi connectivity index (χ4v) is 3.18. The van der Waals surface area contributed by atoms with Gasteiger partial charge in [0, 0.05) is 6.42 Å². The highest BCUT2D eigenvalue weighted by Crippen LogP contribution is 2.32. The molecule has 1 N–H and O–H groups in total. The predicted molar refractivity (Wildman–Crippen MR) is 80.9 cm³/mol. The van der Waals surface area contributed by atoms with E-state index in [1.54, 1.807) is 38.3 Å². The largest absolute Gasteiger partial charge is 0.497 e. The SMILES string of the molecule is COc1ccc(N2C(=O)CC(Sc3n[nH]c(C)n3)C2=O)cc1. The van der Waals surface area contributed by atoms with E-state index in [0.717, 1.165) is 0 Å². The lowest BCUT2D eigenvalue weighted by Gasteiger charge is -2.14. The Balaban J connectivity index is 1.78. The van der Waals surface area contributed by atoms with E-state index < -0.39 is 5.25 Å². The number of aromatic amines is 1. The molecule has 0 aliphatic carbocycles. The summed E-state index contributed by atoms with van der Waals surface area (Å²) in [4.78, 5) is 30.0. The van der Waals surface area contributed by atoms with Gasteiger partial charge in [0.1, 0.15) is 16.8 Å². The van der Waals surface area contributed by atoms with Crippen LogP contribution >= 0.6 is 11.8 Å².